The molecule has 2 N–H and O–H groups in total. The van der Waals surface area contributed by atoms with Crippen molar-refractivity contribution in [1.29, 1.82) is 0 Å². The number of rotatable bonds is 6. The fourth-order valence-corrected chi connectivity index (χ4v) is 2.28. The average molecular weight is 266 g/mol. The van der Waals surface area contributed by atoms with Crippen LogP contribution in [-0.2, 0) is 4.79 Å². The standard InChI is InChI=1S/C12H21F3N2O/c1-2-11(6-5-9-17-11)10(18)16-8-4-3-7-12(13,14)15/h17H,2-9H2,1H3,(H,16,18). The lowest BCUT2D eigenvalue weighted by atomic mass is 9.93. The smallest absolute Gasteiger partial charge is 0.354 e. The third kappa shape index (κ3) is 4.48. The first kappa shape index (κ1) is 15.3. The summed E-state index contributed by atoms with van der Waals surface area (Å²) in [5.74, 6) is -0.0745. The number of hydrogen-bond donors (Lipinski definition) is 2. The van der Waals surface area contributed by atoms with Gasteiger partial charge in [0.1, 0.15) is 0 Å². The Morgan fingerprint density at radius 2 is 2.11 bits per heavy atom. The van der Waals surface area contributed by atoms with Crippen LogP contribution in [0.5, 0.6) is 0 Å². The molecule has 1 rings (SSSR count). The summed E-state index contributed by atoms with van der Waals surface area (Å²) in [5, 5.41) is 5.93. The zero-order valence-corrected chi connectivity index (χ0v) is 10.7. The number of hydrogen-bond acceptors (Lipinski definition) is 2. The van der Waals surface area contributed by atoms with Gasteiger partial charge in [-0.1, -0.05) is 6.92 Å². The van der Waals surface area contributed by atoms with Gasteiger partial charge in [0.05, 0.1) is 5.54 Å². The first-order valence-electron chi connectivity index (χ1n) is 6.50. The number of halogens is 3. The molecule has 1 amide bonds. The second-order valence-electron chi connectivity index (χ2n) is 4.79. The lowest BCUT2D eigenvalue weighted by molar-refractivity contribution is -0.135. The van der Waals surface area contributed by atoms with Gasteiger partial charge in [0.25, 0.3) is 0 Å². The van der Waals surface area contributed by atoms with Crippen molar-refractivity contribution in [1.82, 2.24) is 10.6 Å². The Bertz CT molecular complexity index is 273. The van der Waals surface area contributed by atoms with E-state index in [-0.39, 0.29) is 12.3 Å². The topological polar surface area (TPSA) is 41.1 Å². The molecule has 106 valence electrons. The Morgan fingerprint density at radius 3 is 2.61 bits per heavy atom. The van der Waals surface area contributed by atoms with E-state index in [4.69, 9.17) is 0 Å². The predicted octanol–water partition coefficient (Wildman–Crippen LogP) is 2.37. The van der Waals surface area contributed by atoms with E-state index in [1.165, 1.54) is 0 Å². The monoisotopic (exact) mass is 266 g/mol. The van der Waals surface area contributed by atoms with Gasteiger partial charge in [0.2, 0.25) is 5.91 Å². The Labute approximate surface area is 106 Å². The fraction of sp³-hybridized carbons (Fsp3) is 0.917. The van der Waals surface area contributed by atoms with Crippen molar-refractivity contribution in [3.63, 3.8) is 0 Å². The number of amides is 1. The van der Waals surface area contributed by atoms with Gasteiger partial charge in [0, 0.05) is 13.0 Å². The predicted molar refractivity (Wildman–Crippen MR) is 63.2 cm³/mol. The molecule has 0 aromatic heterocycles. The summed E-state index contributed by atoms with van der Waals surface area (Å²) in [5.41, 5.74) is -0.496. The first-order chi connectivity index (χ1) is 8.40. The SMILES string of the molecule is CCC1(C(=O)NCCCCC(F)(F)F)CCCN1. The zero-order chi connectivity index (χ0) is 13.6. The lowest BCUT2D eigenvalue weighted by Gasteiger charge is -2.26. The van der Waals surface area contributed by atoms with E-state index < -0.39 is 18.1 Å². The van der Waals surface area contributed by atoms with Gasteiger partial charge in [-0.15, -0.1) is 0 Å². The highest BCUT2D eigenvalue weighted by Crippen LogP contribution is 2.23. The van der Waals surface area contributed by atoms with Crippen LogP contribution in [0.4, 0.5) is 13.2 Å². The van der Waals surface area contributed by atoms with Crippen LogP contribution in [0.1, 0.15) is 45.4 Å². The minimum atomic E-state index is -4.10. The molecule has 6 heteroatoms. The first-order valence-corrected chi connectivity index (χ1v) is 6.50. The maximum atomic E-state index is 12.0. The molecule has 1 saturated heterocycles. The quantitative estimate of drug-likeness (QED) is 0.725. The lowest BCUT2D eigenvalue weighted by Crippen LogP contribution is -2.53. The molecular weight excluding hydrogens is 245 g/mol. The number of carbonyl (C=O) groups is 1. The molecule has 1 aliphatic heterocycles. The molecule has 0 aliphatic carbocycles. The van der Waals surface area contributed by atoms with Crippen LogP contribution in [0.3, 0.4) is 0 Å². The number of alkyl halides is 3. The van der Waals surface area contributed by atoms with Gasteiger partial charge in [0.15, 0.2) is 0 Å². The molecule has 3 nitrogen and oxygen atoms in total. The Morgan fingerprint density at radius 1 is 1.39 bits per heavy atom. The van der Waals surface area contributed by atoms with Crippen LogP contribution in [0, 0.1) is 0 Å². The number of carbonyl (C=O) groups excluding carboxylic acids is 1. The van der Waals surface area contributed by atoms with Gasteiger partial charge in [-0.2, -0.15) is 13.2 Å². The van der Waals surface area contributed by atoms with Crippen molar-refractivity contribution in [3.05, 3.63) is 0 Å². The van der Waals surface area contributed by atoms with Crippen LogP contribution in [0.15, 0.2) is 0 Å². The summed E-state index contributed by atoms with van der Waals surface area (Å²) in [6, 6.07) is 0. The van der Waals surface area contributed by atoms with Gasteiger partial charge in [-0.3, -0.25) is 4.79 Å². The molecule has 0 radical (unpaired) electrons. The summed E-state index contributed by atoms with van der Waals surface area (Å²) in [4.78, 5) is 12.0. The van der Waals surface area contributed by atoms with E-state index in [2.05, 4.69) is 10.6 Å². The van der Waals surface area contributed by atoms with Crippen LogP contribution < -0.4 is 10.6 Å². The van der Waals surface area contributed by atoms with E-state index >= 15 is 0 Å². The summed E-state index contributed by atoms with van der Waals surface area (Å²) < 4.78 is 35.7. The third-order valence-corrected chi connectivity index (χ3v) is 3.45. The maximum absolute atomic E-state index is 12.0. The third-order valence-electron chi connectivity index (χ3n) is 3.45. The van der Waals surface area contributed by atoms with E-state index in [1.807, 2.05) is 6.92 Å². The molecule has 0 aromatic rings. The molecule has 0 bridgehead atoms. The van der Waals surface area contributed by atoms with Gasteiger partial charge in [-0.25, -0.2) is 0 Å². The van der Waals surface area contributed by atoms with Crippen LogP contribution in [0.2, 0.25) is 0 Å². The van der Waals surface area contributed by atoms with Crippen molar-refractivity contribution in [2.75, 3.05) is 13.1 Å². The minimum absolute atomic E-state index is 0.0658. The molecule has 18 heavy (non-hydrogen) atoms. The highest BCUT2D eigenvalue weighted by molar-refractivity contribution is 5.86. The van der Waals surface area contributed by atoms with Crippen molar-refractivity contribution in [2.45, 2.75) is 57.2 Å². The van der Waals surface area contributed by atoms with Crippen molar-refractivity contribution >= 4 is 5.91 Å². The summed E-state index contributed by atoms with van der Waals surface area (Å²) in [6.07, 6.45) is -1.96. The second-order valence-corrected chi connectivity index (χ2v) is 4.79. The highest BCUT2D eigenvalue weighted by Gasteiger charge is 2.38. The van der Waals surface area contributed by atoms with E-state index in [1.54, 1.807) is 0 Å². The fourth-order valence-electron chi connectivity index (χ4n) is 2.28. The van der Waals surface area contributed by atoms with Crippen LogP contribution in [-0.4, -0.2) is 30.7 Å². The molecular formula is C12H21F3N2O. The average Bonchev–Trinajstić information content (AvgIpc) is 2.76. The summed E-state index contributed by atoms with van der Waals surface area (Å²) in [7, 11) is 0. The second kappa shape index (κ2) is 6.41. The Hall–Kier alpha value is -0.780. The van der Waals surface area contributed by atoms with Gasteiger partial charge in [-0.05, 0) is 38.6 Å². The molecule has 1 fully saturated rings. The van der Waals surface area contributed by atoms with Crippen LogP contribution >= 0.6 is 0 Å². The van der Waals surface area contributed by atoms with Gasteiger partial charge < -0.3 is 10.6 Å². The van der Waals surface area contributed by atoms with E-state index in [0.29, 0.717) is 19.4 Å². The summed E-state index contributed by atoms with van der Waals surface area (Å²) >= 11 is 0. The molecule has 0 saturated carbocycles. The molecule has 1 heterocycles. The summed E-state index contributed by atoms with van der Waals surface area (Å²) in [6.45, 7) is 3.09. The highest BCUT2D eigenvalue weighted by atomic mass is 19.4. The molecule has 1 aliphatic rings. The Balaban J connectivity index is 2.21. The van der Waals surface area contributed by atoms with Crippen molar-refractivity contribution in [3.8, 4) is 0 Å². The number of nitrogens with one attached hydrogen (secondary N) is 2. The largest absolute Gasteiger partial charge is 0.389 e. The molecule has 1 unspecified atom stereocenters. The van der Waals surface area contributed by atoms with E-state index in [9.17, 15) is 18.0 Å². The molecule has 0 spiro atoms. The van der Waals surface area contributed by atoms with E-state index in [0.717, 1.165) is 19.4 Å². The molecule has 0 aromatic carbocycles. The maximum Gasteiger partial charge on any atom is 0.389 e. The zero-order valence-electron chi connectivity index (χ0n) is 10.7. The number of unbranched alkanes of at least 4 members (excludes halogenated alkanes) is 1. The van der Waals surface area contributed by atoms with Crippen molar-refractivity contribution in [2.24, 2.45) is 0 Å². The van der Waals surface area contributed by atoms with Crippen LogP contribution in [0.25, 0.3) is 0 Å². The minimum Gasteiger partial charge on any atom is -0.354 e. The van der Waals surface area contributed by atoms with Gasteiger partial charge >= 0.3 is 6.18 Å². The molecule has 1 atom stereocenters. The normalized spacial score (nSPS) is 24.2. The van der Waals surface area contributed by atoms with Crippen molar-refractivity contribution < 1.29 is 18.0 Å². The Kier molecular flexibility index (Phi) is 5.44.